The first-order valence-corrected chi connectivity index (χ1v) is 9.28. The van der Waals surface area contributed by atoms with Crippen LogP contribution in [0.15, 0.2) is 29.3 Å². The summed E-state index contributed by atoms with van der Waals surface area (Å²) >= 11 is 0. The molecule has 0 bridgehead atoms. The molecule has 2 atom stereocenters. The molecule has 1 heterocycles. The van der Waals surface area contributed by atoms with Crippen LogP contribution in [0.25, 0.3) is 0 Å². The van der Waals surface area contributed by atoms with Crippen molar-refractivity contribution in [1.82, 2.24) is 15.5 Å². The van der Waals surface area contributed by atoms with Crippen LogP contribution in [0.5, 0.6) is 5.75 Å². The maximum absolute atomic E-state index is 13.6. The van der Waals surface area contributed by atoms with Gasteiger partial charge in [0.05, 0.1) is 6.54 Å². The van der Waals surface area contributed by atoms with Crippen molar-refractivity contribution in [3.05, 3.63) is 30.1 Å². The highest BCUT2D eigenvalue weighted by atomic mass is 19.1. The van der Waals surface area contributed by atoms with Crippen LogP contribution in [0, 0.1) is 11.7 Å². The molecule has 0 radical (unpaired) electrons. The van der Waals surface area contributed by atoms with Crippen LogP contribution in [-0.4, -0.2) is 56.2 Å². The highest BCUT2D eigenvalue weighted by Gasteiger charge is 2.21. The topological polar surface area (TPSA) is 48.9 Å². The van der Waals surface area contributed by atoms with Gasteiger partial charge in [-0.1, -0.05) is 19.1 Å². The number of nitrogens with zero attached hydrogens (tertiary/aromatic N) is 2. The summed E-state index contributed by atoms with van der Waals surface area (Å²) in [6.45, 7) is 11.8. The Morgan fingerprint density at radius 1 is 1.36 bits per heavy atom. The molecule has 1 aliphatic rings. The SMILES string of the molecule is CCNC(=NCC(C)Oc1ccccc1F)NCC1CCN(CC)C1. The van der Waals surface area contributed by atoms with Crippen LogP contribution in [0.2, 0.25) is 0 Å². The zero-order valence-corrected chi connectivity index (χ0v) is 15.6. The molecule has 0 spiro atoms. The van der Waals surface area contributed by atoms with Crippen LogP contribution in [0.1, 0.15) is 27.2 Å². The van der Waals surface area contributed by atoms with E-state index in [0.717, 1.165) is 32.1 Å². The first-order valence-electron chi connectivity index (χ1n) is 9.28. The summed E-state index contributed by atoms with van der Waals surface area (Å²) in [5.74, 6) is 1.39. The summed E-state index contributed by atoms with van der Waals surface area (Å²) in [4.78, 5) is 7.05. The Morgan fingerprint density at radius 3 is 2.84 bits per heavy atom. The average molecular weight is 350 g/mol. The van der Waals surface area contributed by atoms with Crippen molar-refractivity contribution in [3.8, 4) is 5.75 Å². The number of guanidine groups is 1. The van der Waals surface area contributed by atoms with Crippen molar-refractivity contribution in [3.63, 3.8) is 0 Å². The molecule has 2 unspecified atom stereocenters. The number of ether oxygens (including phenoxy) is 1. The lowest BCUT2D eigenvalue weighted by molar-refractivity contribution is 0.220. The van der Waals surface area contributed by atoms with E-state index in [9.17, 15) is 4.39 Å². The quantitative estimate of drug-likeness (QED) is 0.559. The van der Waals surface area contributed by atoms with Crippen molar-refractivity contribution < 1.29 is 9.13 Å². The van der Waals surface area contributed by atoms with Crippen molar-refractivity contribution >= 4 is 5.96 Å². The largest absolute Gasteiger partial charge is 0.486 e. The van der Waals surface area contributed by atoms with Gasteiger partial charge in [-0.2, -0.15) is 0 Å². The highest BCUT2D eigenvalue weighted by Crippen LogP contribution is 2.17. The number of hydrogen-bond donors (Lipinski definition) is 2. The van der Waals surface area contributed by atoms with Crippen molar-refractivity contribution in [1.29, 1.82) is 0 Å². The monoisotopic (exact) mass is 350 g/mol. The summed E-state index contributed by atoms with van der Waals surface area (Å²) in [7, 11) is 0. The smallest absolute Gasteiger partial charge is 0.191 e. The van der Waals surface area contributed by atoms with Crippen LogP contribution in [-0.2, 0) is 0 Å². The predicted octanol–water partition coefficient (Wildman–Crippen LogP) is 2.49. The Kier molecular flexibility index (Phi) is 7.98. The third-order valence-corrected chi connectivity index (χ3v) is 4.39. The normalized spacial score (nSPS) is 19.7. The zero-order valence-electron chi connectivity index (χ0n) is 15.6. The van der Waals surface area contributed by atoms with Gasteiger partial charge < -0.3 is 20.3 Å². The summed E-state index contributed by atoms with van der Waals surface area (Å²) in [5.41, 5.74) is 0. The summed E-state index contributed by atoms with van der Waals surface area (Å²) in [6, 6.07) is 6.46. The lowest BCUT2D eigenvalue weighted by atomic mass is 10.1. The molecule has 0 saturated carbocycles. The van der Waals surface area contributed by atoms with Crippen molar-refractivity contribution in [2.45, 2.75) is 33.3 Å². The van der Waals surface area contributed by atoms with E-state index in [1.807, 2.05) is 13.8 Å². The Balaban J connectivity index is 1.81. The second-order valence-corrected chi connectivity index (χ2v) is 6.51. The second kappa shape index (κ2) is 10.2. The first-order chi connectivity index (χ1) is 12.1. The maximum atomic E-state index is 13.6. The number of likely N-dealkylation sites (tertiary alicyclic amines) is 1. The van der Waals surface area contributed by atoms with Crippen molar-refractivity contribution in [2.24, 2.45) is 10.9 Å². The standard InChI is InChI=1S/C19H31FN4O/c1-4-21-19(23-13-16-10-11-24(5-2)14-16)22-12-15(3)25-18-9-7-6-8-17(18)20/h6-9,15-16H,4-5,10-14H2,1-3H3,(H2,21,22,23). The van der Waals surface area contributed by atoms with Gasteiger partial charge >= 0.3 is 0 Å². The van der Waals surface area contributed by atoms with E-state index >= 15 is 0 Å². The van der Waals surface area contributed by atoms with E-state index in [1.54, 1.807) is 18.2 Å². The second-order valence-electron chi connectivity index (χ2n) is 6.51. The van der Waals surface area contributed by atoms with Gasteiger partial charge in [-0.15, -0.1) is 0 Å². The third-order valence-electron chi connectivity index (χ3n) is 4.39. The molecule has 2 N–H and O–H groups in total. The van der Waals surface area contributed by atoms with Crippen LogP contribution in [0.4, 0.5) is 4.39 Å². The fraction of sp³-hybridized carbons (Fsp3) is 0.632. The fourth-order valence-corrected chi connectivity index (χ4v) is 2.96. The van der Waals surface area contributed by atoms with Gasteiger partial charge in [0.25, 0.3) is 0 Å². The van der Waals surface area contributed by atoms with E-state index < -0.39 is 0 Å². The van der Waals surface area contributed by atoms with Gasteiger partial charge in [0.1, 0.15) is 6.10 Å². The van der Waals surface area contributed by atoms with Gasteiger partial charge in [0, 0.05) is 19.6 Å². The Hall–Kier alpha value is -1.82. The molecular weight excluding hydrogens is 319 g/mol. The maximum Gasteiger partial charge on any atom is 0.191 e. The molecule has 1 saturated heterocycles. The predicted molar refractivity (Wildman–Crippen MR) is 101 cm³/mol. The Morgan fingerprint density at radius 2 is 2.16 bits per heavy atom. The highest BCUT2D eigenvalue weighted by molar-refractivity contribution is 5.79. The number of aliphatic imine (C=N–C) groups is 1. The summed E-state index contributed by atoms with van der Waals surface area (Å²) in [6.07, 6.45) is 1.03. The first kappa shape index (κ1) is 19.5. The van der Waals surface area contributed by atoms with Gasteiger partial charge in [0.2, 0.25) is 0 Å². The average Bonchev–Trinajstić information content (AvgIpc) is 3.07. The molecule has 0 amide bonds. The minimum absolute atomic E-state index is 0.200. The molecule has 2 rings (SSSR count). The Bertz CT molecular complexity index is 552. The molecule has 140 valence electrons. The molecule has 1 fully saturated rings. The number of para-hydroxylation sites is 1. The van der Waals surface area contributed by atoms with Gasteiger partial charge in [0.15, 0.2) is 17.5 Å². The van der Waals surface area contributed by atoms with Crippen LogP contribution in [0.3, 0.4) is 0 Å². The molecule has 6 heteroatoms. The number of rotatable bonds is 8. The molecule has 5 nitrogen and oxygen atoms in total. The molecular formula is C19H31FN4O. The van der Waals surface area contributed by atoms with Gasteiger partial charge in [-0.05, 0) is 51.4 Å². The fourth-order valence-electron chi connectivity index (χ4n) is 2.96. The lowest BCUT2D eigenvalue weighted by Gasteiger charge is -2.17. The Labute approximate surface area is 150 Å². The van der Waals surface area contributed by atoms with Gasteiger partial charge in [-0.25, -0.2) is 9.38 Å². The zero-order chi connectivity index (χ0) is 18.1. The molecule has 1 aromatic rings. The number of benzene rings is 1. The summed E-state index contributed by atoms with van der Waals surface area (Å²) < 4.78 is 19.3. The third kappa shape index (κ3) is 6.53. The van der Waals surface area contributed by atoms with Crippen molar-refractivity contribution in [2.75, 3.05) is 39.3 Å². The van der Waals surface area contributed by atoms with E-state index in [4.69, 9.17) is 4.74 Å². The number of hydrogen-bond acceptors (Lipinski definition) is 3. The molecule has 0 aromatic heterocycles. The lowest BCUT2D eigenvalue weighted by Crippen LogP contribution is -2.41. The van der Waals surface area contributed by atoms with Crippen LogP contribution < -0.4 is 15.4 Å². The van der Waals surface area contributed by atoms with E-state index in [2.05, 4.69) is 27.4 Å². The van der Waals surface area contributed by atoms with Gasteiger partial charge in [-0.3, -0.25) is 0 Å². The minimum atomic E-state index is -0.343. The number of nitrogens with one attached hydrogen (secondary N) is 2. The summed E-state index contributed by atoms with van der Waals surface area (Å²) in [5, 5.41) is 6.68. The number of halogens is 1. The molecule has 1 aromatic carbocycles. The molecule has 0 aliphatic carbocycles. The van der Waals surface area contributed by atoms with E-state index in [1.165, 1.54) is 19.0 Å². The van der Waals surface area contributed by atoms with E-state index in [0.29, 0.717) is 12.5 Å². The molecule has 25 heavy (non-hydrogen) atoms. The molecule has 1 aliphatic heterocycles. The van der Waals surface area contributed by atoms with Crippen LogP contribution >= 0.6 is 0 Å². The minimum Gasteiger partial charge on any atom is -0.486 e. The van der Waals surface area contributed by atoms with E-state index in [-0.39, 0.29) is 17.7 Å².